The van der Waals surface area contributed by atoms with E-state index in [1.807, 2.05) is 49.2 Å². The third-order valence-corrected chi connectivity index (χ3v) is 5.23. The molecule has 1 aliphatic carbocycles. The topological polar surface area (TPSA) is 62.6 Å². The Morgan fingerprint density at radius 2 is 1.82 bits per heavy atom. The van der Waals surface area contributed by atoms with Crippen LogP contribution in [0.15, 0.2) is 51.7 Å². The van der Waals surface area contributed by atoms with Gasteiger partial charge in [-0.15, -0.1) is 0 Å². The summed E-state index contributed by atoms with van der Waals surface area (Å²) >= 11 is 0. The highest BCUT2D eigenvalue weighted by Gasteiger charge is 2.16. The number of hydrogen-bond acceptors (Lipinski definition) is 4. The first-order valence-electron chi connectivity index (χ1n) is 9.61. The molecular weight excluding hydrogens is 352 g/mol. The molecule has 3 aromatic rings. The summed E-state index contributed by atoms with van der Waals surface area (Å²) in [6.07, 6.45) is 3.25. The van der Waals surface area contributed by atoms with Gasteiger partial charge in [0.25, 0.3) is 0 Å². The van der Waals surface area contributed by atoms with Gasteiger partial charge in [0, 0.05) is 23.7 Å². The number of amides is 1. The number of carbonyl (C=O) groups excluding carboxylic acids is 1. The fourth-order valence-electron chi connectivity index (χ4n) is 3.85. The Balaban J connectivity index is 1.50. The quantitative estimate of drug-likeness (QED) is 0.691. The maximum absolute atomic E-state index is 12.3. The van der Waals surface area contributed by atoms with Crippen LogP contribution in [-0.2, 0) is 24.2 Å². The zero-order valence-electron chi connectivity index (χ0n) is 16.2. The summed E-state index contributed by atoms with van der Waals surface area (Å²) in [5, 5.41) is 3.87. The number of carbonyl (C=O) groups is 1. The third-order valence-electron chi connectivity index (χ3n) is 5.23. The highest BCUT2D eigenvalue weighted by atomic mass is 16.4. The Morgan fingerprint density at radius 1 is 1.11 bits per heavy atom. The van der Waals surface area contributed by atoms with Crippen molar-refractivity contribution in [2.45, 2.75) is 32.7 Å². The second-order valence-electron chi connectivity index (χ2n) is 7.65. The Kier molecular flexibility index (Phi) is 5.01. The van der Waals surface area contributed by atoms with E-state index < -0.39 is 0 Å². The Hall–Kier alpha value is -2.92. The molecule has 28 heavy (non-hydrogen) atoms. The van der Waals surface area contributed by atoms with Gasteiger partial charge in [0.15, 0.2) is 0 Å². The second-order valence-corrected chi connectivity index (χ2v) is 7.65. The summed E-state index contributed by atoms with van der Waals surface area (Å²) in [5.41, 5.74) is 5.73. The molecule has 5 heteroatoms. The smallest absolute Gasteiger partial charge is 0.336 e. The molecular formula is C23H24N2O3. The molecule has 0 unspecified atom stereocenters. The first-order valence-corrected chi connectivity index (χ1v) is 9.61. The van der Waals surface area contributed by atoms with Gasteiger partial charge >= 0.3 is 5.63 Å². The van der Waals surface area contributed by atoms with Crippen LogP contribution in [0.5, 0.6) is 0 Å². The highest BCUT2D eigenvalue weighted by molar-refractivity contribution is 5.92. The van der Waals surface area contributed by atoms with Crippen molar-refractivity contribution in [2.24, 2.45) is 0 Å². The minimum absolute atomic E-state index is 0.0838. The Morgan fingerprint density at radius 3 is 2.57 bits per heavy atom. The minimum Gasteiger partial charge on any atom is -0.423 e. The van der Waals surface area contributed by atoms with Crippen molar-refractivity contribution in [3.63, 3.8) is 0 Å². The molecule has 0 saturated carbocycles. The fraction of sp³-hybridized carbons (Fsp3) is 0.304. The zero-order chi connectivity index (χ0) is 19.7. The van der Waals surface area contributed by atoms with E-state index in [4.69, 9.17) is 4.42 Å². The molecule has 0 saturated heterocycles. The molecule has 0 radical (unpaired) electrons. The van der Waals surface area contributed by atoms with Crippen molar-refractivity contribution < 1.29 is 9.21 Å². The molecule has 1 amide bonds. The summed E-state index contributed by atoms with van der Waals surface area (Å²) in [6, 6.07) is 13.4. The van der Waals surface area contributed by atoms with E-state index in [0.29, 0.717) is 12.1 Å². The molecule has 0 atom stereocenters. The van der Waals surface area contributed by atoms with E-state index in [0.717, 1.165) is 41.5 Å². The van der Waals surface area contributed by atoms with Gasteiger partial charge in [-0.2, -0.15) is 0 Å². The van der Waals surface area contributed by atoms with Gasteiger partial charge in [-0.1, -0.05) is 17.7 Å². The second kappa shape index (κ2) is 7.60. The van der Waals surface area contributed by atoms with Crippen molar-refractivity contribution in [3.05, 3.63) is 75.1 Å². The minimum atomic E-state index is -0.349. The van der Waals surface area contributed by atoms with E-state index >= 15 is 0 Å². The summed E-state index contributed by atoms with van der Waals surface area (Å²) in [4.78, 5) is 26.3. The molecule has 1 heterocycles. The van der Waals surface area contributed by atoms with Crippen LogP contribution in [-0.4, -0.2) is 24.4 Å². The van der Waals surface area contributed by atoms with E-state index in [9.17, 15) is 9.59 Å². The van der Waals surface area contributed by atoms with E-state index in [1.165, 1.54) is 17.2 Å². The fourth-order valence-corrected chi connectivity index (χ4v) is 3.85. The van der Waals surface area contributed by atoms with Gasteiger partial charge in [0.1, 0.15) is 5.58 Å². The lowest BCUT2D eigenvalue weighted by Crippen LogP contribution is -2.30. The average molecular weight is 376 g/mol. The summed E-state index contributed by atoms with van der Waals surface area (Å²) in [5.74, 6) is -0.0838. The molecule has 2 aromatic carbocycles. The number of anilines is 1. The number of nitrogens with one attached hydrogen (secondary N) is 1. The molecule has 5 nitrogen and oxygen atoms in total. The van der Waals surface area contributed by atoms with Crippen LogP contribution in [0.1, 0.15) is 28.7 Å². The van der Waals surface area contributed by atoms with Crippen LogP contribution in [0.2, 0.25) is 0 Å². The van der Waals surface area contributed by atoms with Gasteiger partial charge in [-0.25, -0.2) is 4.79 Å². The van der Waals surface area contributed by atoms with Gasteiger partial charge in [0.05, 0.1) is 6.54 Å². The maximum Gasteiger partial charge on any atom is 0.336 e. The van der Waals surface area contributed by atoms with E-state index in [1.54, 1.807) is 0 Å². The average Bonchev–Trinajstić information content (AvgIpc) is 3.09. The lowest BCUT2D eigenvalue weighted by Gasteiger charge is -2.17. The monoisotopic (exact) mass is 376 g/mol. The predicted octanol–water partition coefficient (Wildman–Crippen LogP) is 3.66. The maximum atomic E-state index is 12.3. The number of hydrogen-bond donors (Lipinski definition) is 1. The molecule has 0 fully saturated rings. The summed E-state index contributed by atoms with van der Waals surface area (Å²) in [6.45, 7) is 2.75. The number of aryl methyl sites for hydroxylation is 3. The number of likely N-dealkylation sites (N-methyl/N-ethyl adjacent to an activating group) is 1. The zero-order valence-corrected chi connectivity index (χ0v) is 16.2. The van der Waals surface area contributed by atoms with E-state index in [-0.39, 0.29) is 18.1 Å². The van der Waals surface area contributed by atoms with Crippen molar-refractivity contribution in [3.8, 4) is 0 Å². The molecule has 4 rings (SSSR count). The first-order chi connectivity index (χ1) is 13.5. The van der Waals surface area contributed by atoms with Crippen molar-refractivity contribution in [1.82, 2.24) is 4.90 Å². The summed E-state index contributed by atoms with van der Waals surface area (Å²) in [7, 11) is 1.88. The van der Waals surface area contributed by atoms with Crippen LogP contribution < -0.4 is 10.9 Å². The number of rotatable bonds is 5. The van der Waals surface area contributed by atoms with Crippen molar-refractivity contribution in [2.75, 3.05) is 18.9 Å². The van der Waals surface area contributed by atoms with Gasteiger partial charge in [-0.05, 0) is 74.2 Å². The normalized spacial score (nSPS) is 13.1. The molecule has 0 spiro atoms. The number of benzene rings is 2. The standard InChI is InChI=1S/C23H24N2O3/c1-15-6-8-19(9-7-15)24-22(26)14-25(2)13-18-12-23(27)28-21-11-17-5-3-4-16(17)10-20(18)21/h6-12H,3-5,13-14H2,1-2H3,(H,24,26). The van der Waals surface area contributed by atoms with Crippen LogP contribution in [0.3, 0.4) is 0 Å². The molecule has 1 aliphatic rings. The molecule has 0 bridgehead atoms. The molecule has 1 aromatic heterocycles. The number of fused-ring (bicyclic) bond motifs is 2. The van der Waals surface area contributed by atoms with Gasteiger partial charge in [-0.3, -0.25) is 9.69 Å². The first kappa shape index (κ1) is 18.4. The van der Waals surface area contributed by atoms with Crippen molar-refractivity contribution >= 4 is 22.6 Å². The van der Waals surface area contributed by atoms with Gasteiger partial charge in [0.2, 0.25) is 5.91 Å². The largest absolute Gasteiger partial charge is 0.423 e. The van der Waals surface area contributed by atoms with Crippen LogP contribution in [0.25, 0.3) is 11.0 Å². The number of nitrogens with zero attached hydrogens (tertiary/aromatic N) is 1. The lowest BCUT2D eigenvalue weighted by molar-refractivity contribution is -0.117. The van der Waals surface area contributed by atoms with Crippen LogP contribution >= 0.6 is 0 Å². The Labute approximate surface area is 164 Å². The van der Waals surface area contributed by atoms with Crippen LogP contribution in [0.4, 0.5) is 5.69 Å². The SMILES string of the molecule is Cc1ccc(NC(=O)CN(C)Cc2cc(=O)oc3cc4c(cc23)CCC4)cc1. The molecule has 0 aliphatic heterocycles. The Bertz CT molecular complexity index is 1080. The van der Waals surface area contributed by atoms with Gasteiger partial charge < -0.3 is 9.73 Å². The highest BCUT2D eigenvalue weighted by Crippen LogP contribution is 2.28. The molecule has 1 N–H and O–H groups in total. The third kappa shape index (κ3) is 3.99. The van der Waals surface area contributed by atoms with E-state index in [2.05, 4.69) is 11.4 Å². The summed E-state index contributed by atoms with van der Waals surface area (Å²) < 4.78 is 5.43. The molecule has 144 valence electrons. The predicted molar refractivity (Wildman–Crippen MR) is 111 cm³/mol. The van der Waals surface area contributed by atoms with Crippen molar-refractivity contribution in [1.29, 1.82) is 0 Å². The van der Waals surface area contributed by atoms with Crippen LogP contribution in [0, 0.1) is 6.92 Å². The lowest BCUT2D eigenvalue weighted by atomic mass is 10.0.